The molecule has 2 rings (SSSR count). The summed E-state index contributed by atoms with van der Waals surface area (Å²) in [5, 5.41) is 12.8. The lowest BCUT2D eigenvalue weighted by molar-refractivity contribution is 0.685. The molecule has 74 valence electrons. The van der Waals surface area contributed by atoms with Gasteiger partial charge in [-0.2, -0.15) is 10.4 Å². The average Bonchev–Trinajstić information content (AvgIpc) is 2.64. The van der Waals surface area contributed by atoms with Crippen molar-refractivity contribution in [1.82, 2.24) is 14.8 Å². The van der Waals surface area contributed by atoms with Crippen LogP contribution in [-0.4, -0.2) is 14.8 Å². The molecule has 0 aliphatic rings. The van der Waals surface area contributed by atoms with E-state index in [4.69, 9.17) is 5.26 Å². The van der Waals surface area contributed by atoms with E-state index in [-0.39, 0.29) is 0 Å². The predicted molar refractivity (Wildman–Crippen MR) is 58.0 cm³/mol. The van der Waals surface area contributed by atoms with Gasteiger partial charge >= 0.3 is 0 Å². The van der Waals surface area contributed by atoms with Crippen molar-refractivity contribution in [2.75, 3.05) is 0 Å². The summed E-state index contributed by atoms with van der Waals surface area (Å²) in [6.07, 6.45) is 5.24. The van der Waals surface area contributed by atoms with E-state index in [0.717, 1.165) is 10.0 Å². The van der Waals surface area contributed by atoms with Crippen molar-refractivity contribution in [3.63, 3.8) is 0 Å². The molecule has 15 heavy (non-hydrogen) atoms. The number of hydrogen-bond donors (Lipinski definition) is 0. The molecular weight excluding hydrogens is 256 g/mol. The molecule has 4 nitrogen and oxygen atoms in total. The van der Waals surface area contributed by atoms with Crippen LogP contribution in [0.3, 0.4) is 0 Å². The first-order chi connectivity index (χ1) is 7.28. The fourth-order valence-corrected chi connectivity index (χ4v) is 1.57. The summed E-state index contributed by atoms with van der Waals surface area (Å²) in [6, 6.07) is 5.64. The van der Waals surface area contributed by atoms with Gasteiger partial charge in [-0.05, 0) is 33.6 Å². The Kier molecular flexibility index (Phi) is 2.79. The van der Waals surface area contributed by atoms with E-state index in [1.165, 1.54) is 0 Å². The number of nitriles is 1. The van der Waals surface area contributed by atoms with Gasteiger partial charge in [0.15, 0.2) is 0 Å². The summed E-state index contributed by atoms with van der Waals surface area (Å²) < 4.78 is 2.73. The smallest absolute Gasteiger partial charge is 0.140 e. The zero-order chi connectivity index (χ0) is 10.7. The first-order valence-electron chi connectivity index (χ1n) is 4.31. The van der Waals surface area contributed by atoms with Crippen LogP contribution in [0.15, 0.2) is 35.2 Å². The molecule has 2 aromatic rings. The molecule has 0 saturated heterocycles. The van der Waals surface area contributed by atoms with E-state index in [9.17, 15) is 0 Å². The van der Waals surface area contributed by atoms with Gasteiger partial charge in [-0.25, -0.2) is 4.98 Å². The number of pyridine rings is 1. The van der Waals surface area contributed by atoms with Gasteiger partial charge in [0, 0.05) is 12.4 Å². The van der Waals surface area contributed by atoms with Crippen molar-refractivity contribution in [3.8, 4) is 6.07 Å². The molecule has 2 heterocycles. The Morgan fingerprint density at radius 3 is 3.07 bits per heavy atom. The highest BCUT2D eigenvalue weighted by Crippen LogP contribution is 2.09. The second kappa shape index (κ2) is 4.24. The fourth-order valence-electron chi connectivity index (χ4n) is 1.25. The van der Waals surface area contributed by atoms with Crippen molar-refractivity contribution in [1.29, 1.82) is 5.26 Å². The minimum Gasteiger partial charge on any atom is -0.267 e. The lowest BCUT2D eigenvalue weighted by atomic mass is 10.2. The summed E-state index contributed by atoms with van der Waals surface area (Å²) in [5.74, 6) is 0. The van der Waals surface area contributed by atoms with Crippen molar-refractivity contribution < 1.29 is 0 Å². The van der Waals surface area contributed by atoms with Gasteiger partial charge in [-0.15, -0.1) is 0 Å². The SMILES string of the molecule is N#Cc1cc(Cn2cc(Br)cn2)ccn1. The summed E-state index contributed by atoms with van der Waals surface area (Å²) in [6.45, 7) is 0.642. The van der Waals surface area contributed by atoms with Gasteiger partial charge in [0.1, 0.15) is 11.8 Å². The molecule has 0 spiro atoms. The molecule has 0 unspecified atom stereocenters. The van der Waals surface area contributed by atoms with Crippen LogP contribution < -0.4 is 0 Å². The summed E-state index contributed by atoms with van der Waals surface area (Å²) in [5.41, 5.74) is 1.44. The molecule has 0 atom stereocenters. The quantitative estimate of drug-likeness (QED) is 0.832. The third-order valence-electron chi connectivity index (χ3n) is 1.89. The lowest BCUT2D eigenvalue weighted by Crippen LogP contribution is -2.00. The van der Waals surface area contributed by atoms with Gasteiger partial charge in [-0.3, -0.25) is 4.68 Å². The van der Waals surface area contributed by atoms with Crippen molar-refractivity contribution in [3.05, 3.63) is 46.5 Å². The normalized spacial score (nSPS) is 9.87. The fraction of sp³-hybridized carbons (Fsp3) is 0.100. The highest BCUT2D eigenvalue weighted by atomic mass is 79.9. The lowest BCUT2D eigenvalue weighted by Gasteiger charge is -2.00. The Morgan fingerprint density at radius 2 is 2.40 bits per heavy atom. The Balaban J connectivity index is 2.21. The zero-order valence-corrected chi connectivity index (χ0v) is 9.35. The number of aromatic nitrogens is 3. The Labute approximate surface area is 95.3 Å². The average molecular weight is 263 g/mol. The molecule has 0 aliphatic heterocycles. The van der Waals surface area contributed by atoms with E-state index in [0.29, 0.717) is 12.2 Å². The molecule has 0 saturated carbocycles. The largest absolute Gasteiger partial charge is 0.267 e. The Hall–Kier alpha value is -1.67. The first kappa shape index (κ1) is 9.87. The summed E-state index contributed by atoms with van der Waals surface area (Å²) >= 11 is 3.33. The van der Waals surface area contributed by atoms with Gasteiger partial charge in [0.2, 0.25) is 0 Å². The molecule has 0 aromatic carbocycles. The molecule has 0 radical (unpaired) electrons. The van der Waals surface area contributed by atoms with Gasteiger partial charge < -0.3 is 0 Å². The summed E-state index contributed by atoms with van der Waals surface area (Å²) in [7, 11) is 0. The van der Waals surface area contributed by atoms with E-state index < -0.39 is 0 Å². The number of nitrogens with zero attached hydrogens (tertiary/aromatic N) is 4. The standard InChI is InChI=1S/C10H7BrN4/c11-9-5-14-15(7-9)6-8-1-2-13-10(3-8)4-12/h1-3,5,7H,6H2. The molecule has 5 heteroatoms. The predicted octanol–water partition coefficient (Wildman–Crippen LogP) is 1.96. The third-order valence-corrected chi connectivity index (χ3v) is 2.29. The molecule has 0 bridgehead atoms. The number of hydrogen-bond acceptors (Lipinski definition) is 3. The maximum absolute atomic E-state index is 8.69. The molecule has 0 aliphatic carbocycles. The second-order valence-electron chi connectivity index (χ2n) is 3.02. The number of halogens is 1. The highest BCUT2D eigenvalue weighted by molar-refractivity contribution is 9.10. The second-order valence-corrected chi connectivity index (χ2v) is 3.93. The van der Waals surface area contributed by atoms with E-state index in [1.807, 2.05) is 18.3 Å². The van der Waals surface area contributed by atoms with E-state index in [2.05, 4.69) is 26.0 Å². The Morgan fingerprint density at radius 1 is 1.53 bits per heavy atom. The molecule has 0 amide bonds. The number of rotatable bonds is 2. The maximum atomic E-state index is 8.69. The molecule has 0 N–H and O–H groups in total. The van der Waals surface area contributed by atoms with Crippen LogP contribution in [0.5, 0.6) is 0 Å². The highest BCUT2D eigenvalue weighted by Gasteiger charge is 1.99. The third kappa shape index (κ3) is 2.42. The molecular formula is C10H7BrN4. The van der Waals surface area contributed by atoms with Gasteiger partial charge in [0.05, 0.1) is 17.2 Å². The van der Waals surface area contributed by atoms with Gasteiger partial charge in [0.25, 0.3) is 0 Å². The van der Waals surface area contributed by atoms with Crippen LogP contribution in [0, 0.1) is 11.3 Å². The van der Waals surface area contributed by atoms with E-state index >= 15 is 0 Å². The van der Waals surface area contributed by atoms with Crippen molar-refractivity contribution in [2.45, 2.75) is 6.54 Å². The van der Waals surface area contributed by atoms with Gasteiger partial charge in [-0.1, -0.05) is 0 Å². The molecule has 0 fully saturated rings. The van der Waals surface area contributed by atoms with Crippen LogP contribution in [0.25, 0.3) is 0 Å². The van der Waals surface area contributed by atoms with Crippen LogP contribution in [0.1, 0.15) is 11.3 Å². The first-order valence-corrected chi connectivity index (χ1v) is 5.10. The zero-order valence-electron chi connectivity index (χ0n) is 7.76. The van der Waals surface area contributed by atoms with Crippen LogP contribution in [0.2, 0.25) is 0 Å². The maximum Gasteiger partial charge on any atom is 0.140 e. The molecule has 2 aromatic heterocycles. The monoisotopic (exact) mass is 262 g/mol. The minimum atomic E-state index is 0.429. The van der Waals surface area contributed by atoms with Crippen molar-refractivity contribution >= 4 is 15.9 Å². The van der Waals surface area contributed by atoms with Crippen LogP contribution in [0.4, 0.5) is 0 Å². The Bertz CT molecular complexity index is 512. The van der Waals surface area contributed by atoms with E-state index in [1.54, 1.807) is 23.1 Å². The van der Waals surface area contributed by atoms with Crippen molar-refractivity contribution in [2.24, 2.45) is 0 Å². The topological polar surface area (TPSA) is 54.5 Å². The van der Waals surface area contributed by atoms with Crippen LogP contribution in [-0.2, 0) is 6.54 Å². The van der Waals surface area contributed by atoms with Crippen LogP contribution >= 0.6 is 15.9 Å². The minimum absolute atomic E-state index is 0.429. The summed E-state index contributed by atoms with van der Waals surface area (Å²) in [4.78, 5) is 3.90.